The standard InChI is InChI=1S/C13H16Cl2N2O3/c1-3-13(2)11(16)6-12(13)20-10-5-8(15)7(14)4-9(10)17(18)19/h4-5,11-12H,3,6,16H2,1-2H3. The maximum absolute atomic E-state index is 11.1. The molecule has 0 radical (unpaired) electrons. The molecule has 0 saturated heterocycles. The van der Waals surface area contributed by atoms with Gasteiger partial charge in [-0.2, -0.15) is 0 Å². The van der Waals surface area contributed by atoms with Gasteiger partial charge in [-0.05, 0) is 6.42 Å². The highest BCUT2D eigenvalue weighted by Gasteiger charge is 2.50. The Balaban J connectivity index is 2.30. The lowest BCUT2D eigenvalue weighted by atomic mass is 9.62. The number of nitro groups is 1. The van der Waals surface area contributed by atoms with Crippen molar-refractivity contribution in [1.82, 2.24) is 0 Å². The Morgan fingerprint density at radius 1 is 1.50 bits per heavy atom. The highest BCUT2D eigenvalue weighted by atomic mass is 35.5. The zero-order chi connectivity index (χ0) is 15.1. The van der Waals surface area contributed by atoms with E-state index in [2.05, 4.69) is 0 Å². The van der Waals surface area contributed by atoms with Crippen LogP contribution in [0.4, 0.5) is 5.69 Å². The molecule has 1 aliphatic rings. The van der Waals surface area contributed by atoms with Crippen molar-refractivity contribution in [2.75, 3.05) is 0 Å². The highest BCUT2D eigenvalue weighted by Crippen LogP contribution is 2.46. The van der Waals surface area contributed by atoms with Crippen molar-refractivity contribution in [2.24, 2.45) is 11.1 Å². The van der Waals surface area contributed by atoms with Crippen LogP contribution in [0.1, 0.15) is 26.7 Å². The summed E-state index contributed by atoms with van der Waals surface area (Å²) in [4.78, 5) is 10.5. The van der Waals surface area contributed by atoms with E-state index in [0.717, 1.165) is 6.42 Å². The summed E-state index contributed by atoms with van der Waals surface area (Å²) >= 11 is 11.7. The molecule has 0 bridgehead atoms. The summed E-state index contributed by atoms with van der Waals surface area (Å²) in [6.45, 7) is 4.05. The molecule has 0 amide bonds. The summed E-state index contributed by atoms with van der Waals surface area (Å²) < 4.78 is 5.79. The number of ether oxygens (including phenoxy) is 1. The van der Waals surface area contributed by atoms with Crippen molar-refractivity contribution in [3.8, 4) is 5.75 Å². The maximum Gasteiger partial charge on any atom is 0.312 e. The molecule has 110 valence electrons. The number of hydrogen-bond donors (Lipinski definition) is 1. The van der Waals surface area contributed by atoms with Gasteiger partial charge in [-0.3, -0.25) is 10.1 Å². The fourth-order valence-electron chi connectivity index (χ4n) is 2.43. The summed E-state index contributed by atoms with van der Waals surface area (Å²) in [7, 11) is 0. The summed E-state index contributed by atoms with van der Waals surface area (Å²) in [5, 5.41) is 11.4. The van der Waals surface area contributed by atoms with Crippen molar-refractivity contribution >= 4 is 28.9 Å². The molecule has 0 aliphatic heterocycles. The summed E-state index contributed by atoms with van der Waals surface area (Å²) in [5.41, 5.74) is 5.64. The molecule has 0 heterocycles. The first-order valence-corrected chi connectivity index (χ1v) is 7.11. The Bertz CT molecular complexity index is 553. The van der Waals surface area contributed by atoms with Gasteiger partial charge in [0.15, 0.2) is 5.75 Å². The van der Waals surface area contributed by atoms with E-state index in [0.29, 0.717) is 6.42 Å². The fraction of sp³-hybridized carbons (Fsp3) is 0.538. The topological polar surface area (TPSA) is 78.4 Å². The van der Waals surface area contributed by atoms with Crippen LogP contribution in [-0.2, 0) is 0 Å². The largest absolute Gasteiger partial charge is 0.483 e. The fourth-order valence-corrected chi connectivity index (χ4v) is 2.74. The van der Waals surface area contributed by atoms with Crippen LogP contribution in [-0.4, -0.2) is 17.1 Å². The number of halogens is 2. The molecule has 1 aromatic carbocycles. The van der Waals surface area contributed by atoms with E-state index in [-0.39, 0.29) is 39.0 Å². The quantitative estimate of drug-likeness (QED) is 0.676. The first-order valence-electron chi connectivity index (χ1n) is 6.35. The second-order valence-corrected chi connectivity index (χ2v) is 6.11. The third-order valence-corrected chi connectivity index (χ3v) is 5.00. The molecule has 1 aliphatic carbocycles. The minimum absolute atomic E-state index is 0.0410. The molecular formula is C13H16Cl2N2O3. The van der Waals surface area contributed by atoms with Crippen LogP contribution in [0.5, 0.6) is 5.75 Å². The molecule has 3 atom stereocenters. The number of nitrogens with zero attached hydrogens (tertiary/aromatic N) is 1. The Kier molecular flexibility index (Phi) is 4.14. The van der Waals surface area contributed by atoms with Gasteiger partial charge in [-0.1, -0.05) is 37.0 Å². The van der Waals surface area contributed by atoms with Crippen LogP contribution < -0.4 is 10.5 Å². The van der Waals surface area contributed by atoms with Crippen molar-refractivity contribution in [3.63, 3.8) is 0 Å². The third-order valence-electron chi connectivity index (χ3n) is 4.28. The Hall–Kier alpha value is -1.04. The van der Waals surface area contributed by atoms with Crippen LogP contribution in [0.2, 0.25) is 10.0 Å². The van der Waals surface area contributed by atoms with E-state index in [1.807, 2.05) is 13.8 Å². The molecule has 1 aromatic rings. The summed E-state index contributed by atoms with van der Waals surface area (Å²) in [5.74, 6) is 0.140. The van der Waals surface area contributed by atoms with E-state index < -0.39 is 4.92 Å². The maximum atomic E-state index is 11.1. The molecule has 0 aromatic heterocycles. The smallest absolute Gasteiger partial charge is 0.312 e. The number of hydrogen-bond acceptors (Lipinski definition) is 4. The van der Waals surface area contributed by atoms with Gasteiger partial charge in [-0.25, -0.2) is 0 Å². The third kappa shape index (κ3) is 2.45. The molecule has 7 heteroatoms. The predicted molar refractivity (Wildman–Crippen MR) is 78.5 cm³/mol. The molecule has 2 N–H and O–H groups in total. The second kappa shape index (κ2) is 5.39. The van der Waals surface area contributed by atoms with Gasteiger partial charge >= 0.3 is 5.69 Å². The Morgan fingerprint density at radius 3 is 2.60 bits per heavy atom. The van der Waals surface area contributed by atoms with Crippen molar-refractivity contribution in [3.05, 3.63) is 32.3 Å². The average molecular weight is 319 g/mol. The van der Waals surface area contributed by atoms with Gasteiger partial charge in [0.25, 0.3) is 0 Å². The number of nitrogens with two attached hydrogens (primary N) is 1. The summed E-state index contributed by atoms with van der Waals surface area (Å²) in [6.07, 6.45) is 1.36. The first kappa shape index (κ1) is 15.4. The van der Waals surface area contributed by atoms with Gasteiger partial charge in [0.1, 0.15) is 6.10 Å². The summed E-state index contributed by atoms with van der Waals surface area (Å²) in [6, 6.07) is 2.64. The number of nitro benzene ring substituents is 1. The SMILES string of the molecule is CCC1(C)C(N)CC1Oc1cc(Cl)c(Cl)cc1[N+](=O)[O-]. The highest BCUT2D eigenvalue weighted by molar-refractivity contribution is 6.42. The van der Waals surface area contributed by atoms with Gasteiger partial charge in [0, 0.05) is 30.0 Å². The minimum Gasteiger partial charge on any atom is -0.483 e. The number of rotatable bonds is 4. The molecule has 1 fully saturated rings. The van der Waals surface area contributed by atoms with E-state index in [1.165, 1.54) is 12.1 Å². The van der Waals surface area contributed by atoms with Crippen LogP contribution in [0, 0.1) is 15.5 Å². The zero-order valence-electron chi connectivity index (χ0n) is 11.2. The first-order chi connectivity index (χ1) is 9.29. The zero-order valence-corrected chi connectivity index (χ0v) is 12.7. The normalized spacial score (nSPS) is 28.9. The minimum atomic E-state index is -0.528. The predicted octanol–water partition coefficient (Wildman–Crippen LogP) is 3.80. The van der Waals surface area contributed by atoms with E-state index in [9.17, 15) is 10.1 Å². The lowest BCUT2D eigenvalue weighted by Gasteiger charge is -2.51. The molecule has 0 spiro atoms. The lowest BCUT2D eigenvalue weighted by molar-refractivity contribution is -0.386. The lowest BCUT2D eigenvalue weighted by Crippen LogP contribution is -2.61. The molecule has 2 rings (SSSR count). The molecular weight excluding hydrogens is 303 g/mol. The van der Waals surface area contributed by atoms with E-state index in [4.69, 9.17) is 33.7 Å². The number of benzene rings is 1. The second-order valence-electron chi connectivity index (χ2n) is 5.30. The van der Waals surface area contributed by atoms with E-state index >= 15 is 0 Å². The average Bonchev–Trinajstić information content (AvgIpc) is 2.40. The van der Waals surface area contributed by atoms with Gasteiger partial charge in [-0.15, -0.1) is 0 Å². The van der Waals surface area contributed by atoms with E-state index in [1.54, 1.807) is 0 Å². The van der Waals surface area contributed by atoms with Crippen LogP contribution in [0.3, 0.4) is 0 Å². The molecule has 1 saturated carbocycles. The van der Waals surface area contributed by atoms with Crippen LogP contribution >= 0.6 is 23.2 Å². The molecule has 3 unspecified atom stereocenters. The molecule has 20 heavy (non-hydrogen) atoms. The van der Waals surface area contributed by atoms with Crippen LogP contribution in [0.25, 0.3) is 0 Å². The Labute approximate surface area is 127 Å². The van der Waals surface area contributed by atoms with Crippen molar-refractivity contribution < 1.29 is 9.66 Å². The monoisotopic (exact) mass is 318 g/mol. The van der Waals surface area contributed by atoms with Crippen LogP contribution in [0.15, 0.2) is 12.1 Å². The van der Waals surface area contributed by atoms with Gasteiger partial charge < -0.3 is 10.5 Å². The Morgan fingerprint density at radius 2 is 2.10 bits per heavy atom. The van der Waals surface area contributed by atoms with Crippen molar-refractivity contribution in [2.45, 2.75) is 38.8 Å². The van der Waals surface area contributed by atoms with Crippen molar-refractivity contribution in [1.29, 1.82) is 0 Å². The molecule has 5 nitrogen and oxygen atoms in total. The van der Waals surface area contributed by atoms with Gasteiger partial charge in [0.05, 0.1) is 15.0 Å². The van der Waals surface area contributed by atoms with Gasteiger partial charge in [0.2, 0.25) is 0 Å².